The topological polar surface area (TPSA) is 109 Å². The molecule has 0 aliphatic heterocycles. The lowest BCUT2D eigenvalue weighted by molar-refractivity contribution is -0.167. The number of hydrogen-bond donors (Lipinski definition) is 2. The summed E-state index contributed by atoms with van der Waals surface area (Å²) in [6.07, 6.45) is 0.0555. The second kappa shape index (κ2) is 11.0. The standard InChI is InChI=1S/C16H25F3N2O5S2/c1-28(25,26)10-14(23)21-12(15(24)20-11-5-2-3-6-11)7-4-8-27-9-13(22)16(17,18)19/h11-12H,2-10H2,1H3,(H,20,24)(H,21,23)/t12-/m0/s1. The molecule has 1 aliphatic carbocycles. The molecule has 12 heteroatoms. The van der Waals surface area contributed by atoms with Gasteiger partial charge in [-0.05, 0) is 31.4 Å². The highest BCUT2D eigenvalue weighted by Gasteiger charge is 2.37. The normalized spacial score (nSPS) is 16.6. The summed E-state index contributed by atoms with van der Waals surface area (Å²) in [5, 5.41) is 5.20. The molecule has 2 amide bonds. The van der Waals surface area contributed by atoms with E-state index < -0.39 is 51.2 Å². The molecule has 0 aromatic rings. The molecule has 2 N–H and O–H groups in total. The Morgan fingerprint density at radius 2 is 1.79 bits per heavy atom. The second-order valence-electron chi connectivity index (χ2n) is 6.80. The number of Topliss-reactive ketones (excluding diaryl/α,β-unsaturated/α-hetero) is 1. The summed E-state index contributed by atoms with van der Waals surface area (Å²) in [6.45, 7) is 0. The largest absolute Gasteiger partial charge is 0.450 e. The van der Waals surface area contributed by atoms with E-state index in [-0.39, 0.29) is 24.6 Å². The lowest BCUT2D eigenvalue weighted by atomic mass is 10.1. The molecule has 162 valence electrons. The van der Waals surface area contributed by atoms with Crippen LogP contribution in [0.2, 0.25) is 0 Å². The maximum Gasteiger partial charge on any atom is 0.450 e. The van der Waals surface area contributed by atoms with Crippen LogP contribution in [-0.2, 0) is 24.2 Å². The van der Waals surface area contributed by atoms with Gasteiger partial charge in [0.2, 0.25) is 17.6 Å². The van der Waals surface area contributed by atoms with Gasteiger partial charge in [0, 0.05) is 12.3 Å². The Morgan fingerprint density at radius 1 is 1.18 bits per heavy atom. The average molecular weight is 447 g/mol. The van der Waals surface area contributed by atoms with Crippen molar-refractivity contribution < 1.29 is 36.0 Å². The Labute approximate surface area is 166 Å². The molecule has 0 radical (unpaired) electrons. The minimum absolute atomic E-state index is 0.000548. The molecule has 0 aromatic heterocycles. The van der Waals surface area contributed by atoms with Gasteiger partial charge in [-0.3, -0.25) is 14.4 Å². The summed E-state index contributed by atoms with van der Waals surface area (Å²) >= 11 is 0.794. The highest BCUT2D eigenvalue weighted by molar-refractivity contribution is 7.99. The third kappa shape index (κ3) is 10.3. The van der Waals surface area contributed by atoms with Crippen LogP contribution in [0.15, 0.2) is 0 Å². The number of ketones is 1. The molecule has 0 saturated heterocycles. The summed E-state index contributed by atoms with van der Waals surface area (Å²) < 4.78 is 58.9. The zero-order valence-corrected chi connectivity index (χ0v) is 17.1. The molecule has 0 bridgehead atoms. The molecule has 0 aromatic carbocycles. The minimum atomic E-state index is -4.86. The molecule has 0 unspecified atom stereocenters. The maximum atomic E-state index is 12.4. The first-order valence-corrected chi connectivity index (χ1v) is 12.1. The number of halogens is 3. The Hall–Kier alpha value is -1.30. The number of nitrogens with one attached hydrogen (secondary N) is 2. The van der Waals surface area contributed by atoms with E-state index in [1.54, 1.807) is 0 Å². The summed E-state index contributed by atoms with van der Waals surface area (Å²) in [5.74, 6) is -4.34. The van der Waals surface area contributed by atoms with Gasteiger partial charge in [0.25, 0.3) is 0 Å². The van der Waals surface area contributed by atoms with Crippen LogP contribution in [0.1, 0.15) is 38.5 Å². The number of carbonyl (C=O) groups excluding carboxylic acids is 3. The first-order valence-electron chi connectivity index (χ1n) is 8.83. The number of carbonyl (C=O) groups is 3. The number of sulfone groups is 1. The SMILES string of the molecule is CS(=O)(=O)CC(=O)N[C@@H](CCCSCC(=O)C(F)(F)F)C(=O)NC1CCCC1. The van der Waals surface area contributed by atoms with Crippen molar-refractivity contribution in [2.45, 2.75) is 56.8 Å². The molecule has 0 heterocycles. The van der Waals surface area contributed by atoms with Crippen molar-refractivity contribution in [2.75, 3.05) is 23.5 Å². The predicted octanol–water partition coefficient (Wildman–Crippen LogP) is 1.22. The van der Waals surface area contributed by atoms with E-state index in [1.165, 1.54) is 0 Å². The lowest BCUT2D eigenvalue weighted by Gasteiger charge is -2.21. The molecule has 0 spiro atoms. The van der Waals surface area contributed by atoms with E-state index >= 15 is 0 Å². The molecule has 1 fully saturated rings. The number of alkyl halides is 3. The van der Waals surface area contributed by atoms with Crippen LogP contribution in [0.3, 0.4) is 0 Å². The van der Waals surface area contributed by atoms with Gasteiger partial charge in [-0.25, -0.2) is 8.42 Å². The van der Waals surface area contributed by atoms with Crippen molar-refractivity contribution >= 4 is 39.2 Å². The molecular formula is C16H25F3N2O5S2. The fourth-order valence-electron chi connectivity index (χ4n) is 2.75. The molecule has 1 saturated carbocycles. The number of thioether (sulfide) groups is 1. The average Bonchev–Trinajstić information content (AvgIpc) is 3.03. The zero-order valence-electron chi connectivity index (χ0n) is 15.5. The smallest absolute Gasteiger partial charge is 0.352 e. The quantitative estimate of drug-likeness (QED) is 0.462. The molecule has 7 nitrogen and oxygen atoms in total. The van der Waals surface area contributed by atoms with Gasteiger partial charge in [0.05, 0.1) is 5.75 Å². The van der Waals surface area contributed by atoms with Crippen molar-refractivity contribution in [3.63, 3.8) is 0 Å². The van der Waals surface area contributed by atoms with Crippen LogP contribution in [0.25, 0.3) is 0 Å². The monoisotopic (exact) mass is 446 g/mol. The van der Waals surface area contributed by atoms with E-state index in [4.69, 9.17) is 0 Å². The number of amides is 2. The van der Waals surface area contributed by atoms with E-state index in [0.29, 0.717) is 0 Å². The van der Waals surface area contributed by atoms with Crippen LogP contribution in [0, 0.1) is 0 Å². The highest BCUT2D eigenvalue weighted by atomic mass is 32.2. The lowest BCUT2D eigenvalue weighted by Crippen LogP contribution is -2.50. The van der Waals surface area contributed by atoms with E-state index in [0.717, 1.165) is 43.7 Å². The molecule has 28 heavy (non-hydrogen) atoms. The summed E-state index contributed by atoms with van der Waals surface area (Å²) in [4.78, 5) is 35.1. The molecule has 1 atom stereocenters. The Bertz CT molecular complexity index is 662. The minimum Gasteiger partial charge on any atom is -0.352 e. The molecule has 1 rings (SSSR count). The summed E-state index contributed by atoms with van der Waals surface area (Å²) in [5.41, 5.74) is 0. The van der Waals surface area contributed by atoms with Gasteiger partial charge in [0.1, 0.15) is 11.8 Å². The van der Waals surface area contributed by atoms with Gasteiger partial charge >= 0.3 is 6.18 Å². The van der Waals surface area contributed by atoms with Crippen molar-refractivity contribution in [3.05, 3.63) is 0 Å². The van der Waals surface area contributed by atoms with E-state index in [1.807, 2.05) is 0 Å². The van der Waals surface area contributed by atoms with Gasteiger partial charge in [0.15, 0.2) is 9.84 Å². The van der Waals surface area contributed by atoms with Gasteiger partial charge in [-0.15, -0.1) is 0 Å². The predicted molar refractivity (Wildman–Crippen MR) is 99.7 cm³/mol. The number of hydrogen-bond acceptors (Lipinski definition) is 6. The molecule has 1 aliphatic rings. The van der Waals surface area contributed by atoms with Crippen LogP contribution in [0.4, 0.5) is 13.2 Å². The Kier molecular flexibility index (Phi) is 9.75. The van der Waals surface area contributed by atoms with Gasteiger partial charge in [-0.2, -0.15) is 24.9 Å². The summed E-state index contributed by atoms with van der Waals surface area (Å²) in [6, 6.07) is -0.977. The first-order chi connectivity index (χ1) is 12.9. The van der Waals surface area contributed by atoms with Crippen LogP contribution < -0.4 is 10.6 Å². The van der Waals surface area contributed by atoms with Crippen LogP contribution >= 0.6 is 11.8 Å². The first kappa shape index (κ1) is 24.7. The fraction of sp³-hybridized carbons (Fsp3) is 0.812. The Balaban J connectivity index is 2.53. The third-order valence-corrected chi connectivity index (χ3v) is 5.91. The zero-order chi connectivity index (χ0) is 21.4. The highest BCUT2D eigenvalue weighted by Crippen LogP contribution is 2.20. The van der Waals surface area contributed by atoms with Crippen LogP contribution in [0.5, 0.6) is 0 Å². The fourth-order valence-corrected chi connectivity index (χ4v) is 4.17. The Morgan fingerprint density at radius 3 is 2.32 bits per heavy atom. The summed E-state index contributed by atoms with van der Waals surface area (Å²) in [7, 11) is -3.56. The van der Waals surface area contributed by atoms with Crippen molar-refractivity contribution in [2.24, 2.45) is 0 Å². The van der Waals surface area contributed by atoms with Crippen molar-refractivity contribution in [3.8, 4) is 0 Å². The van der Waals surface area contributed by atoms with E-state index in [2.05, 4.69) is 10.6 Å². The second-order valence-corrected chi connectivity index (χ2v) is 10.0. The molecular weight excluding hydrogens is 421 g/mol. The third-order valence-electron chi connectivity index (χ3n) is 4.08. The van der Waals surface area contributed by atoms with Crippen molar-refractivity contribution in [1.82, 2.24) is 10.6 Å². The van der Waals surface area contributed by atoms with Crippen molar-refractivity contribution in [1.29, 1.82) is 0 Å². The number of rotatable bonds is 11. The van der Waals surface area contributed by atoms with Gasteiger partial charge in [-0.1, -0.05) is 12.8 Å². The van der Waals surface area contributed by atoms with Crippen LogP contribution in [-0.4, -0.2) is 67.8 Å². The maximum absolute atomic E-state index is 12.4. The van der Waals surface area contributed by atoms with E-state index in [9.17, 15) is 36.0 Å². The van der Waals surface area contributed by atoms with Gasteiger partial charge < -0.3 is 10.6 Å².